The Balaban J connectivity index is 1.38. The highest BCUT2D eigenvalue weighted by Gasteiger charge is 2.21. The smallest absolute Gasteiger partial charge is 0.248 e. The van der Waals surface area contributed by atoms with Crippen molar-refractivity contribution < 1.29 is 9.53 Å². The van der Waals surface area contributed by atoms with E-state index >= 15 is 0 Å². The highest BCUT2D eigenvalue weighted by Crippen LogP contribution is 2.11. The number of hydrogen-bond donors (Lipinski definition) is 0. The SMILES string of the molecule is Cc1cccc(CN2CCN(C(=O)COCc3ccccc3)CC2)c1. The zero-order valence-corrected chi connectivity index (χ0v) is 14.9. The van der Waals surface area contributed by atoms with Crippen LogP contribution in [0.25, 0.3) is 0 Å². The summed E-state index contributed by atoms with van der Waals surface area (Å²) in [5.74, 6) is 0.0890. The van der Waals surface area contributed by atoms with Gasteiger partial charge in [-0.15, -0.1) is 0 Å². The van der Waals surface area contributed by atoms with Gasteiger partial charge in [0.25, 0.3) is 0 Å². The summed E-state index contributed by atoms with van der Waals surface area (Å²) < 4.78 is 5.57. The molecule has 2 aromatic rings. The van der Waals surface area contributed by atoms with Gasteiger partial charge in [-0.1, -0.05) is 60.2 Å². The molecule has 1 fully saturated rings. The number of benzene rings is 2. The minimum Gasteiger partial charge on any atom is -0.367 e. The van der Waals surface area contributed by atoms with Crippen LogP contribution in [0.2, 0.25) is 0 Å². The van der Waals surface area contributed by atoms with Crippen LogP contribution in [-0.4, -0.2) is 48.5 Å². The highest BCUT2D eigenvalue weighted by molar-refractivity contribution is 5.77. The molecule has 132 valence electrons. The van der Waals surface area contributed by atoms with E-state index in [9.17, 15) is 4.79 Å². The molecule has 1 amide bonds. The average molecular weight is 338 g/mol. The summed E-state index contributed by atoms with van der Waals surface area (Å²) in [6.45, 7) is 7.10. The predicted molar refractivity (Wildman–Crippen MR) is 99.1 cm³/mol. The first-order valence-electron chi connectivity index (χ1n) is 8.88. The van der Waals surface area contributed by atoms with E-state index in [0.29, 0.717) is 6.61 Å². The molecule has 2 aromatic carbocycles. The van der Waals surface area contributed by atoms with Gasteiger partial charge in [0.2, 0.25) is 5.91 Å². The Morgan fingerprint density at radius 3 is 2.40 bits per heavy atom. The Hall–Kier alpha value is -2.17. The maximum absolute atomic E-state index is 12.3. The lowest BCUT2D eigenvalue weighted by Gasteiger charge is -2.34. The summed E-state index contributed by atoms with van der Waals surface area (Å²) in [4.78, 5) is 16.6. The molecule has 0 spiro atoms. The van der Waals surface area contributed by atoms with Crippen molar-refractivity contribution >= 4 is 5.91 Å². The summed E-state index contributed by atoms with van der Waals surface area (Å²) >= 11 is 0. The third kappa shape index (κ3) is 5.41. The summed E-state index contributed by atoms with van der Waals surface area (Å²) in [7, 11) is 0. The number of piperazine rings is 1. The van der Waals surface area contributed by atoms with Crippen molar-refractivity contribution in [1.29, 1.82) is 0 Å². The third-order valence-electron chi connectivity index (χ3n) is 4.55. The fourth-order valence-corrected chi connectivity index (χ4v) is 3.15. The number of nitrogens with zero attached hydrogens (tertiary/aromatic N) is 2. The maximum atomic E-state index is 12.3. The van der Waals surface area contributed by atoms with E-state index in [1.165, 1.54) is 11.1 Å². The largest absolute Gasteiger partial charge is 0.367 e. The van der Waals surface area contributed by atoms with E-state index in [1.54, 1.807) is 0 Å². The third-order valence-corrected chi connectivity index (χ3v) is 4.55. The van der Waals surface area contributed by atoms with Crippen LogP contribution in [0.3, 0.4) is 0 Å². The molecule has 1 aliphatic heterocycles. The van der Waals surface area contributed by atoms with E-state index in [-0.39, 0.29) is 12.5 Å². The standard InChI is InChI=1S/C21H26N2O2/c1-18-6-5-9-20(14-18)15-22-10-12-23(13-11-22)21(24)17-25-16-19-7-3-2-4-8-19/h2-9,14H,10-13,15-17H2,1H3. The van der Waals surface area contributed by atoms with Crippen molar-refractivity contribution in [2.45, 2.75) is 20.1 Å². The maximum Gasteiger partial charge on any atom is 0.248 e. The number of aryl methyl sites for hydroxylation is 1. The molecule has 0 saturated carbocycles. The highest BCUT2D eigenvalue weighted by atomic mass is 16.5. The Morgan fingerprint density at radius 2 is 1.68 bits per heavy atom. The van der Waals surface area contributed by atoms with Crippen LogP contribution in [-0.2, 0) is 22.7 Å². The molecule has 1 saturated heterocycles. The normalized spacial score (nSPS) is 15.3. The summed E-state index contributed by atoms with van der Waals surface area (Å²) in [6.07, 6.45) is 0. The first-order chi connectivity index (χ1) is 12.2. The Bertz CT molecular complexity index is 679. The number of carbonyl (C=O) groups excluding carboxylic acids is 1. The lowest BCUT2D eigenvalue weighted by molar-refractivity contribution is -0.138. The molecule has 4 heteroatoms. The summed E-state index contributed by atoms with van der Waals surface area (Å²) in [5, 5.41) is 0. The van der Waals surface area contributed by atoms with Gasteiger partial charge in [0, 0.05) is 32.7 Å². The van der Waals surface area contributed by atoms with Crippen LogP contribution in [0.15, 0.2) is 54.6 Å². The molecule has 4 nitrogen and oxygen atoms in total. The molecule has 0 bridgehead atoms. The van der Waals surface area contributed by atoms with Crippen LogP contribution >= 0.6 is 0 Å². The Morgan fingerprint density at radius 1 is 0.960 bits per heavy atom. The first kappa shape index (κ1) is 17.6. The van der Waals surface area contributed by atoms with Crippen LogP contribution in [0.1, 0.15) is 16.7 Å². The molecule has 0 aliphatic carbocycles. The van der Waals surface area contributed by atoms with Crippen molar-refractivity contribution in [3.05, 3.63) is 71.3 Å². The fourth-order valence-electron chi connectivity index (χ4n) is 3.15. The fraction of sp³-hybridized carbons (Fsp3) is 0.381. The van der Waals surface area contributed by atoms with Gasteiger partial charge in [-0.05, 0) is 18.1 Å². The number of hydrogen-bond acceptors (Lipinski definition) is 3. The molecular weight excluding hydrogens is 312 g/mol. The van der Waals surface area contributed by atoms with E-state index in [2.05, 4.69) is 36.1 Å². The molecule has 25 heavy (non-hydrogen) atoms. The van der Waals surface area contributed by atoms with Gasteiger partial charge in [0.05, 0.1) is 6.61 Å². The van der Waals surface area contributed by atoms with Crippen LogP contribution in [0.4, 0.5) is 0 Å². The topological polar surface area (TPSA) is 32.8 Å². The Labute approximate surface area is 150 Å². The molecule has 0 radical (unpaired) electrons. The molecule has 0 N–H and O–H groups in total. The number of rotatable bonds is 6. The molecule has 1 heterocycles. The van der Waals surface area contributed by atoms with Crippen molar-refractivity contribution in [2.24, 2.45) is 0 Å². The first-order valence-corrected chi connectivity index (χ1v) is 8.88. The van der Waals surface area contributed by atoms with Crippen LogP contribution in [0, 0.1) is 6.92 Å². The second-order valence-corrected chi connectivity index (χ2v) is 6.62. The Kier molecular flexibility index (Phi) is 6.20. The van der Waals surface area contributed by atoms with Crippen molar-refractivity contribution in [2.75, 3.05) is 32.8 Å². The van der Waals surface area contributed by atoms with Crippen molar-refractivity contribution in [3.8, 4) is 0 Å². The van der Waals surface area contributed by atoms with Crippen LogP contribution in [0.5, 0.6) is 0 Å². The molecule has 0 unspecified atom stereocenters. The average Bonchev–Trinajstić information content (AvgIpc) is 2.63. The summed E-state index contributed by atoms with van der Waals surface area (Å²) in [5.41, 5.74) is 3.73. The molecular formula is C21H26N2O2. The van der Waals surface area contributed by atoms with E-state index in [1.807, 2.05) is 35.2 Å². The second-order valence-electron chi connectivity index (χ2n) is 6.62. The lowest BCUT2D eigenvalue weighted by Crippen LogP contribution is -2.49. The van der Waals surface area contributed by atoms with Crippen molar-refractivity contribution in [3.63, 3.8) is 0 Å². The zero-order valence-electron chi connectivity index (χ0n) is 14.9. The number of ether oxygens (including phenoxy) is 1. The zero-order chi connectivity index (χ0) is 17.5. The predicted octanol–water partition coefficient (Wildman–Crippen LogP) is 2.86. The second kappa shape index (κ2) is 8.79. The van der Waals surface area contributed by atoms with Gasteiger partial charge in [0.1, 0.15) is 6.61 Å². The van der Waals surface area contributed by atoms with E-state index in [4.69, 9.17) is 4.74 Å². The lowest BCUT2D eigenvalue weighted by atomic mass is 10.1. The molecule has 3 rings (SSSR count). The van der Waals surface area contributed by atoms with Gasteiger partial charge in [-0.3, -0.25) is 9.69 Å². The number of amides is 1. The minimum atomic E-state index is 0.0890. The van der Waals surface area contributed by atoms with Gasteiger partial charge in [0.15, 0.2) is 0 Å². The van der Waals surface area contributed by atoms with Crippen LogP contribution < -0.4 is 0 Å². The van der Waals surface area contributed by atoms with Gasteiger partial charge in [-0.25, -0.2) is 0 Å². The molecule has 0 aromatic heterocycles. The quantitative estimate of drug-likeness (QED) is 0.812. The van der Waals surface area contributed by atoms with E-state index in [0.717, 1.165) is 38.3 Å². The van der Waals surface area contributed by atoms with Gasteiger partial charge >= 0.3 is 0 Å². The molecule has 0 atom stereocenters. The van der Waals surface area contributed by atoms with Gasteiger partial charge < -0.3 is 9.64 Å². The van der Waals surface area contributed by atoms with Crippen molar-refractivity contribution in [1.82, 2.24) is 9.80 Å². The van der Waals surface area contributed by atoms with Gasteiger partial charge in [-0.2, -0.15) is 0 Å². The van der Waals surface area contributed by atoms with E-state index < -0.39 is 0 Å². The minimum absolute atomic E-state index is 0.0890. The monoisotopic (exact) mass is 338 g/mol. The summed E-state index contributed by atoms with van der Waals surface area (Å²) in [6, 6.07) is 18.6. The number of carbonyl (C=O) groups is 1. The molecule has 1 aliphatic rings.